The Labute approximate surface area is 173 Å². The van der Waals surface area contributed by atoms with Gasteiger partial charge in [-0.1, -0.05) is 24.3 Å². The molecule has 0 radical (unpaired) electrons. The molecule has 0 aromatic heterocycles. The minimum atomic E-state index is -4.73. The lowest BCUT2D eigenvalue weighted by atomic mass is 9.95. The molecule has 2 aromatic carbocycles. The van der Waals surface area contributed by atoms with E-state index in [-0.39, 0.29) is 42.4 Å². The first-order valence-corrected chi connectivity index (χ1v) is 8.40. The molecule has 1 N–H and O–H groups in total. The lowest BCUT2D eigenvalue weighted by Crippen LogP contribution is -2.45. The zero-order valence-corrected chi connectivity index (χ0v) is 16.8. The van der Waals surface area contributed by atoms with Gasteiger partial charge in [0.25, 0.3) is 0 Å². The van der Waals surface area contributed by atoms with Gasteiger partial charge < -0.3 is 10.1 Å². The van der Waals surface area contributed by atoms with Gasteiger partial charge in [-0.2, -0.15) is 0 Å². The number of halogens is 6. The summed E-state index contributed by atoms with van der Waals surface area (Å²) in [5, 5.41) is 3.25. The topological polar surface area (TPSA) is 24.5 Å². The Balaban J connectivity index is 0.00000196. The maximum atomic E-state index is 14.6. The van der Waals surface area contributed by atoms with Crippen LogP contribution in [0, 0.1) is 12.7 Å². The van der Waals surface area contributed by atoms with Crippen LogP contribution in [0.1, 0.15) is 22.7 Å². The molecule has 2 aromatic rings. The SMILES string of the molecule is Cc1ccc([C@@H](c2ccc(OC(F)(F)F)cc2)N2CCNCC2)c(F)c1.Cl.Cl. The van der Waals surface area contributed by atoms with E-state index >= 15 is 0 Å². The van der Waals surface area contributed by atoms with E-state index in [1.807, 2.05) is 13.0 Å². The summed E-state index contributed by atoms with van der Waals surface area (Å²) in [5.41, 5.74) is 2.06. The molecule has 1 atom stereocenters. The van der Waals surface area contributed by atoms with Crippen LogP contribution in [-0.4, -0.2) is 37.4 Å². The fourth-order valence-electron chi connectivity index (χ4n) is 3.23. The number of nitrogens with one attached hydrogen (secondary N) is 1. The van der Waals surface area contributed by atoms with Crippen LogP contribution in [0.15, 0.2) is 42.5 Å². The first-order chi connectivity index (χ1) is 12.3. The Morgan fingerprint density at radius 1 is 1.00 bits per heavy atom. The molecule has 0 saturated carbocycles. The van der Waals surface area contributed by atoms with Gasteiger partial charge in [-0.15, -0.1) is 38.0 Å². The summed E-state index contributed by atoms with van der Waals surface area (Å²) in [5.74, 6) is -0.603. The second kappa shape index (κ2) is 10.3. The predicted molar refractivity (Wildman–Crippen MR) is 105 cm³/mol. The number of nitrogens with zero attached hydrogens (tertiary/aromatic N) is 1. The van der Waals surface area contributed by atoms with E-state index in [1.165, 1.54) is 18.2 Å². The summed E-state index contributed by atoms with van der Waals surface area (Å²) in [6.07, 6.45) is -4.73. The van der Waals surface area contributed by atoms with E-state index in [1.54, 1.807) is 18.2 Å². The molecule has 1 heterocycles. The van der Waals surface area contributed by atoms with Crippen LogP contribution < -0.4 is 10.1 Å². The molecule has 156 valence electrons. The van der Waals surface area contributed by atoms with Crippen LogP contribution in [0.4, 0.5) is 17.6 Å². The summed E-state index contributed by atoms with van der Waals surface area (Å²) in [6, 6.07) is 10.4. The quantitative estimate of drug-likeness (QED) is 0.686. The van der Waals surface area contributed by atoms with Gasteiger partial charge in [-0.25, -0.2) is 4.39 Å². The summed E-state index contributed by atoms with van der Waals surface area (Å²) in [4.78, 5) is 2.13. The number of aryl methyl sites for hydroxylation is 1. The van der Waals surface area contributed by atoms with Crippen LogP contribution in [0.2, 0.25) is 0 Å². The lowest BCUT2D eigenvalue weighted by molar-refractivity contribution is -0.274. The average molecular weight is 441 g/mol. The zero-order valence-electron chi connectivity index (χ0n) is 15.1. The highest BCUT2D eigenvalue weighted by Gasteiger charge is 2.31. The first-order valence-electron chi connectivity index (χ1n) is 8.40. The zero-order chi connectivity index (χ0) is 18.7. The smallest absolute Gasteiger partial charge is 0.406 e. The number of hydrogen-bond donors (Lipinski definition) is 1. The number of ether oxygens (including phenoxy) is 1. The fourth-order valence-corrected chi connectivity index (χ4v) is 3.23. The van der Waals surface area contributed by atoms with Gasteiger partial charge in [-0.05, 0) is 36.2 Å². The second-order valence-electron chi connectivity index (χ2n) is 6.33. The average Bonchev–Trinajstić information content (AvgIpc) is 2.58. The van der Waals surface area contributed by atoms with Crippen molar-refractivity contribution in [2.75, 3.05) is 26.2 Å². The molecule has 1 fully saturated rings. The molecule has 0 aliphatic carbocycles. The van der Waals surface area contributed by atoms with Crippen molar-refractivity contribution in [2.24, 2.45) is 0 Å². The van der Waals surface area contributed by atoms with Gasteiger partial charge in [0.1, 0.15) is 11.6 Å². The Morgan fingerprint density at radius 2 is 1.61 bits per heavy atom. The molecule has 3 rings (SSSR count). The van der Waals surface area contributed by atoms with E-state index in [4.69, 9.17) is 0 Å². The van der Waals surface area contributed by atoms with Crippen LogP contribution >= 0.6 is 24.8 Å². The van der Waals surface area contributed by atoms with Crippen molar-refractivity contribution in [2.45, 2.75) is 19.3 Å². The van der Waals surface area contributed by atoms with Crippen molar-refractivity contribution in [3.63, 3.8) is 0 Å². The normalized spacial score (nSPS) is 15.9. The molecule has 0 spiro atoms. The number of benzene rings is 2. The molecule has 0 unspecified atom stereocenters. The molecule has 0 bridgehead atoms. The lowest BCUT2D eigenvalue weighted by Gasteiger charge is -2.35. The van der Waals surface area contributed by atoms with Crippen LogP contribution in [0.3, 0.4) is 0 Å². The Hall–Kier alpha value is -1.54. The molecule has 1 aliphatic rings. The third kappa shape index (κ3) is 6.24. The Bertz CT molecular complexity index is 751. The maximum Gasteiger partial charge on any atom is 0.573 e. The van der Waals surface area contributed by atoms with E-state index < -0.39 is 6.36 Å². The van der Waals surface area contributed by atoms with Gasteiger partial charge in [0.2, 0.25) is 0 Å². The summed E-state index contributed by atoms with van der Waals surface area (Å²) in [7, 11) is 0. The van der Waals surface area contributed by atoms with Crippen LogP contribution in [0.25, 0.3) is 0 Å². The van der Waals surface area contributed by atoms with E-state index in [0.29, 0.717) is 5.56 Å². The first kappa shape index (κ1) is 24.5. The summed E-state index contributed by atoms with van der Waals surface area (Å²) in [6.45, 7) is 4.81. The third-order valence-electron chi connectivity index (χ3n) is 4.40. The molecule has 1 aliphatic heterocycles. The Morgan fingerprint density at radius 3 is 2.14 bits per heavy atom. The highest BCUT2D eigenvalue weighted by atomic mass is 35.5. The standard InChI is InChI=1S/C19H20F4N2O.2ClH/c1-13-2-7-16(17(20)12-13)18(25-10-8-24-9-11-25)14-3-5-15(6-4-14)26-19(21,22)23;;/h2-7,12,18,24H,8-11H2,1H3;2*1H/t18-;;/m1../s1. The summed E-state index contributed by atoms with van der Waals surface area (Å²) < 4.78 is 55.6. The van der Waals surface area contributed by atoms with Gasteiger partial charge in [0, 0.05) is 31.7 Å². The molecule has 3 nitrogen and oxygen atoms in total. The third-order valence-corrected chi connectivity index (χ3v) is 4.40. The molecular formula is C19H22Cl2F4N2O. The van der Waals surface area contributed by atoms with Crippen molar-refractivity contribution in [3.05, 3.63) is 65.0 Å². The van der Waals surface area contributed by atoms with Crippen molar-refractivity contribution >= 4 is 24.8 Å². The van der Waals surface area contributed by atoms with Crippen LogP contribution in [0.5, 0.6) is 5.75 Å². The van der Waals surface area contributed by atoms with Crippen molar-refractivity contribution in [3.8, 4) is 5.75 Å². The molecule has 1 saturated heterocycles. The van der Waals surface area contributed by atoms with Crippen LogP contribution in [-0.2, 0) is 0 Å². The predicted octanol–water partition coefficient (Wildman–Crippen LogP) is 4.87. The van der Waals surface area contributed by atoms with Gasteiger partial charge in [-0.3, -0.25) is 4.90 Å². The molecule has 0 amide bonds. The summed E-state index contributed by atoms with van der Waals surface area (Å²) >= 11 is 0. The number of alkyl halides is 3. The minimum absolute atomic E-state index is 0. The van der Waals surface area contributed by atoms with E-state index in [2.05, 4.69) is 15.0 Å². The Kier molecular flexibility index (Phi) is 9.01. The molecule has 28 heavy (non-hydrogen) atoms. The van der Waals surface area contributed by atoms with Crippen molar-refractivity contribution in [1.29, 1.82) is 0 Å². The number of piperazine rings is 1. The molecule has 9 heteroatoms. The monoisotopic (exact) mass is 440 g/mol. The van der Waals surface area contributed by atoms with Crippen molar-refractivity contribution in [1.82, 2.24) is 10.2 Å². The second-order valence-corrected chi connectivity index (χ2v) is 6.33. The van der Waals surface area contributed by atoms with Gasteiger partial charge in [0.05, 0.1) is 6.04 Å². The number of rotatable bonds is 4. The highest BCUT2D eigenvalue weighted by molar-refractivity contribution is 5.85. The van der Waals surface area contributed by atoms with E-state index in [9.17, 15) is 17.6 Å². The largest absolute Gasteiger partial charge is 0.573 e. The van der Waals surface area contributed by atoms with Crippen molar-refractivity contribution < 1.29 is 22.3 Å². The highest BCUT2D eigenvalue weighted by Crippen LogP contribution is 2.33. The van der Waals surface area contributed by atoms with Gasteiger partial charge in [0.15, 0.2) is 0 Å². The van der Waals surface area contributed by atoms with E-state index in [0.717, 1.165) is 37.3 Å². The number of hydrogen-bond acceptors (Lipinski definition) is 3. The minimum Gasteiger partial charge on any atom is -0.406 e. The maximum absolute atomic E-state index is 14.6. The molecular weight excluding hydrogens is 419 g/mol. The van der Waals surface area contributed by atoms with Gasteiger partial charge >= 0.3 is 6.36 Å². The fraction of sp³-hybridized carbons (Fsp3) is 0.368.